The molecule has 2 unspecified atom stereocenters. The van der Waals surface area contributed by atoms with E-state index in [1.165, 1.54) is 0 Å². The van der Waals surface area contributed by atoms with Crippen LogP contribution in [0.25, 0.3) is 0 Å². The summed E-state index contributed by atoms with van der Waals surface area (Å²) in [5.74, 6) is 0. The molecule has 3 N–H and O–H groups in total. The van der Waals surface area contributed by atoms with Crippen molar-refractivity contribution in [3.63, 3.8) is 0 Å². The van der Waals surface area contributed by atoms with Crippen molar-refractivity contribution in [2.45, 2.75) is 51.2 Å². The van der Waals surface area contributed by atoms with E-state index < -0.39 is 0 Å². The first-order valence-electron chi connectivity index (χ1n) is 5.17. The molecular formula is C10H22N2O. The summed E-state index contributed by atoms with van der Waals surface area (Å²) in [6.45, 7) is 7.83. The van der Waals surface area contributed by atoms with Gasteiger partial charge in [0.15, 0.2) is 0 Å². The second-order valence-electron chi connectivity index (χ2n) is 4.46. The molecule has 1 aliphatic rings. The molecule has 13 heavy (non-hydrogen) atoms. The highest BCUT2D eigenvalue weighted by molar-refractivity contribution is 5.01. The lowest BCUT2D eigenvalue weighted by molar-refractivity contribution is 0.159. The van der Waals surface area contributed by atoms with Crippen LogP contribution in [0.2, 0.25) is 0 Å². The maximum atomic E-state index is 8.94. The number of likely N-dealkylation sites (tertiary alicyclic amines) is 1. The third kappa shape index (κ3) is 2.03. The molecule has 78 valence electrons. The minimum atomic E-state index is -0.168. The number of aliphatic hydroxyl groups is 1. The molecule has 0 radical (unpaired) electrons. The summed E-state index contributed by atoms with van der Waals surface area (Å²) in [5, 5.41) is 8.94. The Morgan fingerprint density at radius 3 is 2.62 bits per heavy atom. The number of aliphatic hydroxyl groups excluding tert-OH is 1. The third-order valence-electron chi connectivity index (χ3n) is 3.41. The third-order valence-corrected chi connectivity index (χ3v) is 3.41. The fourth-order valence-corrected chi connectivity index (χ4v) is 2.32. The van der Waals surface area contributed by atoms with Crippen molar-refractivity contribution in [1.29, 1.82) is 0 Å². The summed E-state index contributed by atoms with van der Waals surface area (Å²) in [5.41, 5.74) is 6.07. The molecule has 0 saturated carbocycles. The molecule has 0 amide bonds. The lowest BCUT2D eigenvalue weighted by Gasteiger charge is -2.34. The summed E-state index contributed by atoms with van der Waals surface area (Å²) in [6.07, 6.45) is 1.73. The van der Waals surface area contributed by atoms with Gasteiger partial charge < -0.3 is 10.8 Å². The van der Waals surface area contributed by atoms with Crippen molar-refractivity contribution in [2.24, 2.45) is 5.73 Å². The Hall–Kier alpha value is -0.120. The van der Waals surface area contributed by atoms with E-state index in [1.54, 1.807) is 0 Å². The lowest BCUT2D eigenvalue weighted by atomic mass is 9.89. The second kappa shape index (κ2) is 3.95. The number of hydrogen-bond acceptors (Lipinski definition) is 3. The van der Waals surface area contributed by atoms with Crippen LogP contribution >= 0.6 is 0 Å². The summed E-state index contributed by atoms with van der Waals surface area (Å²) in [7, 11) is 0. The Balaban J connectivity index is 2.63. The summed E-state index contributed by atoms with van der Waals surface area (Å²) in [4.78, 5) is 2.41. The molecule has 0 bridgehead atoms. The van der Waals surface area contributed by atoms with Crippen LogP contribution in [0, 0.1) is 0 Å². The van der Waals surface area contributed by atoms with Crippen LogP contribution in [0.15, 0.2) is 0 Å². The quantitative estimate of drug-likeness (QED) is 0.677. The molecule has 0 aromatic carbocycles. The van der Waals surface area contributed by atoms with Crippen LogP contribution in [0.3, 0.4) is 0 Å². The zero-order chi connectivity index (χ0) is 10.1. The Bertz CT molecular complexity index is 172. The zero-order valence-electron chi connectivity index (χ0n) is 8.95. The van der Waals surface area contributed by atoms with E-state index in [0.29, 0.717) is 12.1 Å². The van der Waals surface area contributed by atoms with Crippen molar-refractivity contribution < 1.29 is 5.11 Å². The lowest BCUT2D eigenvalue weighted by Crippen LogP contribution is -2.51. The van der Waals surface area contributed by atoms with Crippen LogP contribution < -0.4 is 5.73 Å². The molecule has 3 nitrogen and oxygen atoms in total. The summed E-state index contributed by atoms with van der Waals surface area (Å²) in [6, 6.07) is 0.943. The smallest absolute Gasteiger partial charge is 0.0449 e. The maximum Gasteiger partial charge on any atom is 0.0449 e. The van der Waals surface area contributed by atoms with Crippen LogP contribution in [-0.2, 0) is 0 Å². The molecule has 2 atom stereocenters. The normalized spacial score (nSPS) is 36.0. The first-order valence-corrected chi connectivity index (χ1v) is 5.17. The molecule has 1 saturated heterocycles. The predicted molar refractivity (Wildman–Crippen MR) is 54.5 cm³/mol. The van der Waals surface area contributed by atoms with Gasteiger partial charge >= 0.3 is 0 Å². The minimum absolute atomic E-state index is 0.168. The van der Waals surface area contributed by atoms with Gasteiger partial charge in [-0.15, -0.1) is 0 Å². The Labute approximate surface area is 80.9 Å². The van der Waals surface area contributed by atoms with Crippen LogP contribution in [0.5, 0.6) is 0 Å². The van der Waals surface area contributed by atoms with Gasteiger partial charge in [0, 0.05) is 30.8 Å². The molecule has 1 rings (SSSR count). The van der Waals surface area contributed by atoms with Crippen LogP contribution in [0.1, 0.15) is 33.6 Å². The zero-order valence-corrected chi connectivity index (χ0v) is 8.95. The van der Waals surface area contributed by atoms with Gasteiger partial charge in [0.2, 0.25) is 0 Å². The SMILES string of the molecule is CC(C)N1CCC(N)(CCO)C1C. The minimum Gasteiger partial charge on any atom is -0.396 e. The molecule has 0 spiro atoms. The highest BCUT2D eigenvalue weighted by Gasteiger charge is 2.41. The van der Waals surface area contributed by atoms with Crippen molar-refractivity contribution >= 4 is 0 Å². The predicted octanol–water partition coefficient (Wildman–Crippen LogP) is 0.569. The van der Waals surface area contributed by atoms with E-state index in [0.717, 1.165) is 19.4 Å². The average Bonchev–Trinajstić information content (AvgIpc) is 2.30. The number of nitrogens with zero attached hydrogens (tertiary/aromatic N) is 1. The first kappa shape index (κ1) is 11.0. The largest absolute Gasteiger partial charge is 0.396 e. The van der Waals surface area contributed by atoms with Gasteiger partial charge in [0.1, 0.15) is 0 Å². The van der Waals surface area contributed by atoms with Crippen molar-refractivity contribution in [1.82, 2.24) is 4.90 Å². The highest BCUT2D eigenvalue weighted by Crippen LogP contribution is 2.30. The van der Waals surface area contributed by atoms with E-state index in [9.17, 15) is 0 Å². The topological polar surface area (TPSA) is 49.5 Å². The Kier molecular flexibility index (Phi) is 3.33. The highest BCUT2D eigenvalue weighted by atomic mass is 16.3. The van der Waals surface area contributed by atoms with Crippen molar-refractivity contribution in [2.75, 3.05) is 13.2 Å². The second-order valence-corrected chi connectivity index (χ2v) is 4.46. The van der Waals surface area contributed by atoms with E-state index >= 15 is 0 Å². The first-order chi connectivity index (χ1) is 6.01. The molecule has 0 aromatic rings. The number of nitrogens with two attached hydrogens (primary N) is 1. The summed E-state index contributed by atoms with van der Waals surface area (Å²) >= 11 is 0. The fourth-order valence-electron chi connectivity index (χ4n) is 2.32. The standard InChI is InChI=1S/C10H22N2O/c1-8(2)12-6-4-10(11,5-7-13)9(12)3/h8-9,13H,4-7,11H2,1-3H3. The van der Waals surface area contributed by atoms with Gasteiger partial charge in [0.25, 0.3) is 0 Å². The van der Waals surface area contributed by atoms with E-state index in [1.807, 2.05) is 0 Å². The Morgan fingerprint density at radius 1 is 1.62 bits per heavy atom. The molecule has 0 aromatic heterocycles. The van der Waals surface area contributed by atoms with E-state index in [4.69, 9.17) is 10.8 Å². The van der Waals surface area contributed by atoms with Gasteiger partial charge in [-0.25, -0.2) is 0 Å². The van der Waals surface area contributed by atoms with Crippen LogP contribution in [-0.4, -0.2) is 40.8 Å². The van der Waals surface area contributed by atoms with Gasteiger partial charge in [-0.1, -0.05) is 0 Å². The molecular weight excluding hydrogens is 164 g/mol. The molecule has 0 aliphatic carbocycles. The molecule has 3 heteroatoms. The monoisotopic (exact) mass is 186 g/mol. The number of hydrogen-bond donors (Lipinski definition) is 2. The van der Waals surface area contributed by atoms with Crippen molar-refractivity contribution in [3.05, 3.63) is 0 Å². The van der Waals surface area contributed by atoms with Gasteiger partial charge in [-0.3, -0.25) is 4.90 Å². The molecule has 1 heterocycles. The van der Waals surface area contributed by atoms with Crippen LogP contribution in [0.4, 0.5) is 0 Å². The van der Waals surface area contributed by atoms with Gasteiger partial charge in [-0.05, 0) is 33.6 Å². The fraction of sp³-hybridized carbons (Fsp3) is 1.00. The molecule has 1 aliphatic heterocycles. The van der Waals surface area contributed by atoms with E-state index in [2.05, 4.69) is 25.7 Å². The average molecular weight is 186 g/mol. The van der Waals surface area contributed by atoms with Gasteiger partial charge in [0.05, 0.1) is 0 Å². The van der Waals surface area contributed by atoms with Gasteiger partial charge in [-0.2, -0.15) is 0 Å². The molecule has 1 fully saturated rings. The Morgan fingerprint density at radius 2 is 2.23 bits per heavy atom. The van der Waals surface area contributed by atoms with Crippen molar-refractivity contribution in [3.8, 4) is 0 Å². The number of rotatable bonds is 3. The van der Waals surface area contributed by atoms with E-state index in [-0.39, 0.29) is 12.1 Å². The maximum absolute atomic E-state index is 8.94. The summed E-state index contributed by atoms with van der Waals surface area (Å²) < 4.78 is 0.